The molecule has 0 saturated carbocycles. The summed E-state index contributed by atoms with van der Waals surface area (Å²) in [7, 11) is 0. The van der Waals surface area contributed by atoms with Crippen LogP contribution in [-0.2, 0) is 6.54 Å². The Morgan fingerprint density at radius 1 is 1.50 bits per heavy atom. The maximum atomic E-state index is 10.1. The minimum atomic E-state index is -0.547. The standard InChI is InChI=1S/C13H23N3O2/c1-9(2)12-15-14-11(18-12)8-16-6-5-13(4,17)10(3)7-16/h9-10,17H,5-8H2,1-4H3/t10-,13+/m1/s1. The van der Waals surface area contributed by atoms with Crippen LogP contribution in [0.5, 0.6) is 0 Å². The topological polar surface area (TPSA) is 62.4 Å². The van der Waals surface area contributed by atoms with E-state index in [1.807, 2.05) is 20.8 Å². The van der Waals surface area contributed by atoms with Gasteiger partial charge in [0.15, 0.2) is 0 Å². The molecule has 0 aliphatic carbocycles. The number of piperidine rings is 1. The van der Waals surface area contributed by atoms with Crippen LogP contribution in [-0.4, -0.2) is 38.9 Å². The molecule has 1 fully saturated rings. The van der Waals surface area contributed by atoms with Crippen LogP contribution in [0.4, 0.5) is 0 Å². The smallest absolute Gasteiger partial charge is 0.230 e. The highest BCUT2D eigenvalue weighted by molar-refractivity contribution is 4.91. The van der Waals surface area contributed by atoms with Crippen LogP contribution in [0.3, 0.4) is 0 Å². The predicted octanol–water partition coefficient (Wildman–Crippen LogP) is 1.79. The van der Waals surface area contributed by atoms with Crippen molar-refractivity contribution in [3.63, 3.8) is 0 Å². The van der Waals surface area contributed by atoms with Crippen LogP contribution >= 0.6 is 0 Å². The normalized spacial score (nSPS) is 30.0. The van der Waals surface area contributed by atoms with Crippen LogP contribution in [0.2, 0.25) is 0 Å². The number of aromatic nitrogens is 2. The van der Waals surface area contributed by atoms with Crippen LogP contribution in [0.15, 0.2) is 4.42 Å². The van der Waals surface area contributed by atoms with Crippen LogP contribution < -0.4 is 0 Å². The predicted molar refractivity (Wildman–Crippen MR) is 68.1 cm³/mol. The summed E-state index contributed by atoms with van der Waals surface area (Å²) in [5, 5.41) is 18.2. The lowest BCUT2D eigenvalue weighted by Crippen LogP contribution is -2.48. The van der Waals surface area contributed by atoms with Crippen LogP contribution in [0, 0.1) is 5.92 Å². The molecular formula is C13H23N3O2. The molecule has 1 aliphatic heterocycles. The van der Waals surface area contributed by atoms with Gasteiger partial charge in [0.1, 0.15) is 0 Å². The molecule has 2 heterocycles. The number of hydrogen-bond acceptors (Lipinski definition) is 5. The van der Waals surface area contributed by atoms with Crippen LogP contribution in [0.1, 0.15) is 51.8 Å². The fourth-order valence-corrected chi connectivity index (χ4v) is 2.20. The van der Waals surface area contributed by atoms with Crippen molar-refractivity contribution < 1.29 is 9.52 Å². The first-order valence-corrected chi connectivity index (χ1v) is 6.65. The SMILES string of the molecule is CC(C)c1nnc(CN2CC[C@](C)(O)[C@H](C)C2)o1. The molecule has 102 valence electrons. The fourth-order valence-electron chi connectivity index (χ4n) is 2.20. The van der Waals surface area contributed by atoms with Gasteiger partial charge in [-0.15, -0.1) is 10.2 Å². The maximum absolute atomic E-state index is 10.1. The van der Waals surface area contributed by atoms with Gasteiger partial charge in [-0.1, -0.05) is 20.8 Å². The third kappa shape index (κ3) is 2.90. The minimum absolute atomic E-state index is 0.263. The van der Waals surface area contributed by atoms with Crippen molar-refractivity contribution in [3.05, 3.63) is 11.8 Å². The first kappa shape index (κ1) is 13.5. The Bertz CT molecular complexity index is 401. The van der Waals surface area contributed by atoms with Crippen molar-refractivity contribution >= 4 is 0 Å². The Kier molecular flexibility index (Phi) is 3.73. The largest absolute Gasteiger partial charge is 0.424 e. The summed E-state index contributed by atoms with van der Waals surface area (Å²) in [4.78, 5) is 2.26. The molecule has 1 aliphatic rings. The highest BCUT2D eigenvalue weighted by Crippen LogP contribution is 2.27. The van der Waals surface area contributed by atoms with E-state index >= 15 is 0 Å². The molecule has 0 aromatic carbocycles. The molecule has 0 amide bonds. The Hall–Kier alpha value is -0.940. The van der Waals surface area contributed by atoms with E-state index in [-0.39, 0.29) is 11.8 Å². The van der Waals surface area contributed by atoms with Gasteiger partial charge in [0, 0.05) is 19.0 Å². The monoisotopic (exact) mass is 253 g/mol. The first-order chi connectivity index (χ1) is 8.38. The van der Waals surface area contributed by atoms with Crippen molar-refractivity contribution in [3.8, 4) is 0 Å². The summed E-state index contributed by atoms with van der Waals surface area (Å²) >= 11 is 0. The lowest BCUT2D eigenvalue weighted by molar-refractivity contribution is -0.0538. The molecule has 1 aromatic rings. The molecule has 1 N–H and O–H groups in total. The van der Waals surface area contributed by atoms with E-state index in [1.165, 1.54) is 0 Å². The van der Waals surface area contributed by atoms with Gasteiger partial charge >= 0.3 is 0 Å². The summed E-state index contributed by atoms with van der Waals surface area (Å²) in [5.74, 6) is 1.90. The highest BCUT2D eigenvalue weighted by Gasteiger charge is 2.34. The molecule has 5 nitrogen and oxygen atoms in total. The van der Waals surface area contributed by atoms with Crippen molar-refractivity contribution in [1.82, 2.24) is 15.1 Å². The zero-order chi connectivity index (χ0) is 13.3. The number of aliphatic hydroxyl groups is 1. The second kappa shape index (κ2) is 4.97. The highest BCUT2D eigenvalue weighted by atomic mass is 16.4. The van der Waals surface area contributed by atoms with Crippen molar-refractivity contribution in [1.29, 1.82) is 0 Å². The molecule has 0 unspecified atom stereocenters. The summed E-state index contributed by atoms with van der Waals surface area (Å²) in [5.41, 5.74) is -0.547. The Labute approximate surface area is 108 Å². The van der Waals surface area contributed by atoms with E-state index in [2.05, 4.69) is 22.0 Å². The maximum Gasteiger partial charge on any atom is 0.230 e. The summed E-state index contributed by atoms with van der Waals surface area (Å²) in [6, 6.07) is 0. The van der Waals surface area contributed by atoms with E-state index < -0.39 is 5.60 Å². The van der Waals surface area contributed by atoms with Gasteiger partial charge in [-0.25, -0.2) is 0 Å². The average Bonchev–Trinajstić information content (AvgIpc) is 2.73. The van der Waals surface area contributed by atoms with Gasteiger partial charge in [0.05, 0.1) is 12.1 Å². The third-order valence-electron chi connectivity index (χ3n) is 3.86. The van der Waals surface area contributed by atoms with Gasteiger partial charge in [-0.2, -0.15) is 0 Å². The molecule has 1 saturated heterocycles. The molecule has 2 rings (SSSR count). The van der Waals surface area contributed by atoms with E-state index in [0.29, 0.717) is 18.3 Å². The second-order valence-corrected chi connectivity index (χ2v) is 5.93. The van der Waals surface area contributed by atoms with E-state index in [1.54, 1.807) is 0 Å². The van der Waals surface area contributed by atoms with Gasteiger partial charge in [0.2, 0.25) is 11.8 Å². The van der Waals surface area contributed by atoms with Crippen molar-refractivity contribution in [2.45, 2.75) is 52.2 Å². The molecule has 5 heteroatoms. The van der Waals surface area contributed by atoms with E-state index in [4.69, 9.17) is 4.42 Å². The fraction of sp³-hybridized carbons (Fsp3) is 0.846. The average molecular weight is 253 g/mol. The molecular weight excluding hydrogens is 230 g/mol. The van der Waals surface area contributed by atoms with Gasteiger partial charge in [-0.05, 0) is 19.3 Å². The van der Waals surface area contributed by atoms with Gasteiger partial charge in [-0.3, -0.25) is 4.90 Å². The Morgan fingerprint density at radius 3 is 2.78 bits per heavy atom. The van der Waals surface area contributed by atoms with E-state index in [0.717, 1.165) is 19.5 Å². The Balaban J connectivity index is 1.94. The lowest BCUT2D eigenvalue weighted by atomic mass is 9.84. The first-order valence-electron chi connectivity index (χ1n) is 6.65. The molecule has 2 atom stereocenters. The lowest BCUT2D eigenvalue weighted by Gasteiger charge is -2.40. The van der Waals surface area contributed by atoms with Gasteiger partial charge in [0.25, 0.3) is 0 Å². The summed E-state index contributed by atoms with van der Waals surface area (Å²) in [6.45, 7) is 10.5. The van der Waals surface area contributed by atoms with E-state index in [9.17, 15) is 5.11 Å². The molecule has 18 heavy (non-hydrogen) atoms. The second-order valence-electron chi connectivity index (χ2n) is 5.93. The number of hydrogen-bond donors (Lipinski definition) is 1. The number of nitrogens with zero attached hydrogens (tertiary/aromatic N) is 3. The van der Waals surface area contributed by atoms with Gasteiger partial charge < -0.3 is 9.52 Å². The van der Waals surface area contributed by atoms with Crippen LogP contribution in [0.25, 0.3) is 0 Å². The van der Waals surface area contributed by atoms with Crippen molar-refractivity contribution in [2.24, 2.45) is 5.92 Å². The third-order valence-corrected chi connectivity index (χ3v) is 3.86. The number of likely N-dealkylation sites (tertiary alicyclic amines) is 1. The van der Waals surface area contributed by atoms with Crippen molar-refractivity contribution in [2.75, 3.05) is 13.1 Å². The zero-order valence-electron chi connectivity index (χ0n) is 11.7. The molecule has 1 aromatic heterocycles. The molecule has 0 spiro atoms. The number of rotatable bonds is 3. The minimum Gasteiger partial charge on any atom is -0.424 e. The molecule has 0 radical (unpaired) electrons. The summed E-state index contributed by atoms with van der Waals surface area (Å²) in [6.07, 6.45) is 0.791. The zero-order valence-corrected chi connectivity index (χ0v) is 11.7. The molecule has 0 bridgehead atoms. The summed E-state index contributed by atoms with van der Waals surface area (Å²) < 4.78 is 5.61. The quantitative estimate of drug-likeness (QED) is 0.889. The Morgan fingerprint density at radius 2 is 2.22 bits per heavy atom.